The molecule has 0 atom stereocenters. The monoisotopic (exact) mass is 269 g/mol. The van der Waals surface area contributed by atoms with Gasteiger partial charge in [-0.1, -0.05) is 0 Å². The predicted molar refractivity (Wildman–Crippen MR) is 76.7 cm³/mol. The van der Waals surface area contributed by atoms with Crippen molar-refractivity contribution in [2.45, 2.75) is 20.4 Å². The average molecular weight is 269 g/mol. The minimum absolute atomic E-state index is 0.168. The second kappa shape index (κ2) is 4.80. The number of hydrogen-bond acceptors (Lipinski definition) is 3. The van der Waals surface area contributed by atoms with E-state index in [0.717, 1.165) is 23.3 Å². The zero-order valence-corrected chi connectivity index (χ0v) is 11.3. The third-order valence-corrected chi connectivity index (χ3v) is 3.31. The quantitative estimate of drug-likeness (QED) is 0.766. The first-order chi connectivity index (χ1) is 9.69. The Kier molecular flexibility index (Phi) is 2.98. The molecule has 3 aromatic rings. The van der Waals surface area contributed by atoms with Crippen molar-refractivity contribution in [1.29, 1.82) is 0 Å². The molecule has 0 aliphatic rings. The van der Waals surface area contributed by atoms with E-state index >= 15 is 0 Å². The number of aromatic nitrogens is 4. The third-order valence-electron chi connectivity index (χ3n) is 3.31. The summed E-state index contributed by atoms with van der Waals surface area (Å²) < 4.78 is 1.79. The zero-order chi connectivity index (χ0) is 14.1. The number of nitrogens with one attached hydrogen (secondary N) is 2. The van der Waals surface area contributed by atoms with E-state index in [0.29, 0.717) is 11.3 Å². The molecule has 0 saturated heterocycles. The van der Waals surface area contributed by atoms with E-state index in [2.05, 4.69) is 20.4 Å². The van der Waals surface area contributed by atoms with Crippen LogP contribution < -0.4 is 5.32 Å². The van der Waals surface area contributed by atoms with E-state index in [-0.39, 0.29) is 5.91 Å². The lowest BCUT2D eigenvalue weighted by molar-refractivity contribution is 0.102. The first kappa shape index (κ1) is 12.4. The lowest BCUT2D eigenvalue weighted by atomic mass is 10.2. The van der Waals surface area contributed by atoms with Gasteiger partial charge in [-0.2, -0.15) is 5.10 Å². The average Bonchev–Trinajstić information content (AvgIpc) is 3.04. The van der Waals surface area contributed by atoms with Crippen LogP contribution in [0.3, 0.4) is 0 Å². The normalized spacial score (nSPS) is 10.9. The van der Waals surface area contributed by atoms with Crippen LogP contribution in [0, 0.1) is 6.92 Å². The molecule has 6 nitrogen and oxygen atoms in total. The van der Waals surface area contributed by atoms with E-state index in [4.69, 9.17) is 0 Å². The van der Waals surface area contributed by atoms with Gasteiger partial charge in [-0.05, 0) is 26.0 Å². The fourth-order valence-electron chi connectivity index (χ4n) is 2.19. The van der Waals surface area contributed by atoms with Crippen molar-refractivity contribution >= 4 is 22.6 Å². The molecular weight excluding hydrogens is 254 g/mol. The van der Waals surface area contributed by atoms with E-state index < -0.39 is 0 Å². The first-order valence-corrected chi connectivity index (χ1v) is 6.46. The second-order valence-electron chi connectivity index (χ2n) is 4.55. The number of carbonyl (C=O) groups excluding carboxylic acids is 1. The van der Waals surface area contributed by atoms with Crippen LogP contribution in [0.5, 0.6) is 0 Å². The maximum Gasteiger partial charge on any atom is 0.259 e. The number of aromatic amines is 1. The summed E-state index contributed by atoms with van der Waals surface area (Å²) >= 11 is 0. The molecule has 3 heterocycles. The molecule has 0 aromatic carbocycles. The number of anilines is 1. The molecule has 0 unspecified atom stereocenters. The molecule has 0 radical (unpaired) electrons. The van der Waals surface area contributed by atoms with Crippen LogP contribution in [0.4, 0.5) is 5.69 Å². The van der Waals surface area contributed by atoms with Crippen LogP contribution >= 0.6 is 0 Å². The van der Waals surface area contributed by atoms with Crippen molar-refractivity contribution in [3.05, 3.63) is 42.0 Å². The van der Waals surface area contributed by atoms with Crippen LogP contribution in [0.1, 0.15) is 23.0 Å². The molecule has 0 bridgehead atoms. The summed E-state index contributed by atoms with van der Waals surface area (Å²) in [6.07, 6.45) is 5.05. The molecular formula is C14H15N5O. The van der Waals surface area contributed by atoms with Gasteiger partial charge < -0.3 is 10.3 Å². The number of carbonyl (C=O) groups is 1. The summed E-state index contributed by atoms with van der Waals surface area (Å²) in [7, 11) is 0. The summed E-state index contributed by atoms with van der Waals surface area (Å²) in [5.41, 5.74) is 2.92. The summed E-state index contributed by atoms with van der Waals surface area (Å²) in [5, 5.41) is 7.99. The maximum atomic E-state index is 12.2. The van der Waals surface area contributed by atoms with Crippen molar-refractivity contribution in [3.8, 4) is 0 Å². The van der Waals surface area contributed by atoms with Crippen LogP contribution in [0.2, 0.25) is 0 Å². The number of fused-ring (bicyclic) bond motifs is 1. The fraction of sp³-hybridized carbons (Fsp3) is 0.214. The first-order valence-electron chi connectivity index (χ1n) is 6.46. The Labute approximate surface area is 115 Å². The molecule has 102 valence electrons. The molecule has 0 aliphatic heterocycles. The van der Waals surface area contributed by atoms with Gasteiger partial charge in [-0.25, -0.2) is 4.98 Å². The Bertz CT molecular complexity index is 771. The smallest absolute Gasteiger partial charge is 0.259 e. The van der Waals surface area contributed by atoms with Crippen molar-refractivity contribution in [1.82, 2.24) is 19.7 Å². The van der Waals surface area contributed by atoms with Gasteiger partial charge in [-0.15, -0.1) is 0 Å². The highest BCUT2D eigenvalue weighted by Gasteiger charge is 2.14. The lowest BCUT2D eigenvalue weighted by Crippen LogP contribution is -2.13. The summed E-state index contributed by atoms with van der Waals surface area (Å²) in [5.74, 6) is -0.168. The van der Waals surface area contributed by atoms with Gasteiger partial charge >= 0.3 is 0 Å². The molecule has 3 rings (SSSR count). The Hall–Kier alpha value is -2.63. The Morgan fingerprint density at radius 1 is 1.45 bits per heavy atom. The molecule has 20 heavy (non-hydrogen) atoms. The molecule has 3 aromatic heterocycles. The van der Waals surface area contributed by atoms with Crippen LogP contribution in [0.25, 0.3) is 11.0 Å². The molecule has 0 aliphatic carbocycles. The molecule has 1 amide bonds. The number of pyridine rings is 1. The summed E-state index contributed by atoms with van der Waals surface area (Å²) in [6, 6.07) is 3.80. The standard InChI is InChI=1S/C14H15N5O/c1-3-19-9(2)12(8-17-19)14(20)18-11-6-10-4-5-15-13(10)16-7-11/h4-8H,3H2,1-2H3,(H,15,16)(H,18,20). The second-order valence-corrected chi connectivity index (χ2v) is 4.55. The molecule has 2 N–H and O–H groups in total. The number of aryl methyl sites for hydroxylation is 1. The van der Waals surface area contributed by atoms with Crippen molar-refractivity contribution < 1.29 is 4.79 Å². The molecule has 0 spiro atoms. The lowest BCUT2D eigenvalue weighted by Gasteiger charge is -2.05. The summed E-state index contributed by atoms with van der Waals surface area (Å²) in [4.78, 5) is 19.5. The van der Waals surface area contributed by atoms with Crippen LogP contribution in [-0.2, 0) is 6.54 Å². The van der Waals surface area contributed by atoms with Gasteiger partial charge in [0, 0.05) is 23.8 Å². The van der Waals surface area contributed by atoms with Gasteiger partial charge in [-0.3, -0.25) is 9.48 Å². The van der Waals surface area contributed by atoms with Gasteiger partial charge in [0.25, 0.3) is 5.91 Å². The Morgan fingerprint density at radius 2 is 2.30 bits per heavy atom. The van der Waals surface area contributed by atoms with Gasteiger partial charge in [0.2, 0.25) is 0 Å². The van der Waals surface area contributed by atoms with Gasteiger partial charge in [0.15, 0.2) is 0 Å². The Morgan fingerprint density at radius 3 is 3.05 bits per heavy atom. The molecule has 0 saturated carbocycles. The number of H-pyrrole nitrogens is 1. The molecule has 6 heteroatoms. The minimum atomic E-state index is -0.168. The number of amides is 1. The van der Waals surface area contributed by atoms with E-state index in [1.807, 2.05) is 32.2 Å². The van der Waals surface area contributed by atoms with Gasteiger partial charge in [0.05, 0.1) is 23.6 Å². The number of rotatable bonds is 3. The van der Waals surface area contributed by atoms with Crippen LogP contribution in [-0.4, -0.2) is 25.7 Å². The minimum Gasteiger partial charge on any atom is -0.346 e. The van der Waals surface area contributed by atoms with E-state index in [1.54, 1.807) is 17.1 Å². The largest absolute Gasteiger partial charge is 0.346 e. The SMILES string of the molecule is CCn1ncc(C(=O)Nc2cnc3[nH]ccc3c2)c1C. The van der Waals surface area contributed by atoms with Crippen molar-refractivity contribution in [3.63, 3.8) is 0 Å². The topological polar surface area (TPSA) is 75.6 Å². The number of nitrogens with zero attached hydrogens (tertiary/aromatic N) is 3. The Balaban J connectivity index is 1.85. The highest BCUT2D eigenvalue weighted by atomic mass is 16.1. The van der Waals surface area contributed by atoms with E-state index in [9.17, 15) is 4.79 Å². The maximum absolute atomic E-state index is 12.2. The fourth-order valence-corrected chi connectivity index (χ4v) is 2.19. The highest BCUT2D eigenvalue weighted by molar-refractivity contribution is 6.05. The van der Waals surface area contributed by atoms with Crippen molar-refractivity contribution in [2.75, 3.05) is 5.32 Å². The third kappa shape index (κ3) is 2.05. The summed E-state index contributed by atoms with van der Waals surface area (Å²) in [6.45, 7) is 4.63. The van der Waals surface area contributed by atoms with E-state index in [1.165, 1.54) is 0 Å². The molecule has 0 fully saturated rings. The van der Waals surface area contributed by atoms with Crippen molar-refractivity contribution in [2.24, 2.45) is 0 Å². The van der Waals surface area contributed by atoms with Crippen LogP contribution in [0.15, 0.2) is 30.7 Å². The zero-order valence-electron chi connectivity index (χ0n) is 11.3. The van der Waals surface area contributed by atoms with Gasteiger partial charge in [0.1, 0.15) is 5.65 Å². The number of hydrogen-bond donors (Lipinski definition) is 2. The highest BCUT2D eigenvalue weighted by Crippen LogP contribution is 2.16. The predicted octanol–water partition coefficient (Wildman–Crippen LogP) is 2.34.